The van der Waals surface area contributed by atoms with Gasteiger partial charge in [0.2, 0.25) is 0 Å². The van der Waals surface area contributed by atoms with Crippen LogP contribution >= 0.6 is 11.6 Å². The van der Waals surface area contributed by atoms with E-state index in [-0.39, 0.29) is 12.5 Å². The van der Waals surface area contributed by atoms with Crippen LogP contribution in [0.5, 0.6) is 0 Å². The van der Waals surface area contributed by atoms with Gasteiger partial charge in [0.1, 0.15) is 0 Å². The fourth-order valence-electron chi connectivity index (χ4n) is 1.12. The van der Waals surface area contributed by atoms with Crippen LogP contribution < -0.4 is 0 Å². The van der Waals surface area contributed by atoms with E-state index in [1.54, 1.807) is 31.2 Å². The lowest BCUT2D eigenvalue weighted by molar-refractivity contribution is 0.0770. The van der Waals surface area contributed by atoms with Crippen LogP contribution in [-0.2, 0) is 0 Å². The van der Waals surface area contributed by atoms with Crippen molar-refractivity contribution in [2.75, 3.05) is 6.61 Å². The summed E-state index contributed by atoms with van der Waals surface area (Å²) in [6, 6.07) is 7.04. The predicted molar refractivity (Wildman–Crippen MR) is 52.7 cm³/mol. The Bertz CT molecular complexity index is 275. The summed E-state index contributed by atoms with van der Waals surface area (Å²) in [6.45, 7) is 1.75. The van der Waals surface area contributed by atoms with E-state index in [0.29, 0.717) is 5.02 Å². The topological polar surface area (TPSA) is 40.5 Å². The van der Waals surface area contributed by atoms with E-state index in [1.807, 2.05) is 0 Å². The predicted octanol–water partition coefficient (Wildman–Crippen LogP) is 2.00. The summed E-state index contributed by atoms with van der Waals surface area (Å²) in [7, 11) is 0. The molecule has 0 radical (unpaired) electrons. The van der Waals surface area contributed by atoms with Gasteiger partial charge in [0.25, 0.3) is 0 Å². The molecule has 0 unspecified atom stereocenters. The summed E-state index contributed by atoms with van der Waals surface area (Å²) in [5.41, 5.74) is 0.744. The molecule has 1 aromatic rings. The molecule has 0 aliphatic rings. The Hall–Kier alpha value is -0.570. The third-order valence-electron chi connectivity index (χ3n) is 2.02. The molecule has 2 N–H and O–H groups in total. The summed E-state index contributed by atoms with van der Waals surface area (Å²) < 4.78 is 0. The standard InChI is InChI=1S/C10H13ClO2/c1-7(6-12)10(13)8-3-2-4-9(11)5-8/h2-5,7,10,12-13H,6H2,1H3/t7-,10+/m1/s1. The third kappa shape index (κ3) is 2.69. The molecule has 0 heterocycles. The average Bonchev–Trinajstić information content (AvgIpc) is 2.15. The number of aliphatic hydroxyl groups is 2. The molecule has 0 spiro atoms. The normalized spacial score (nSPS) is 15.4. The second kappa shape index (κ2) is 4.61. The van der Waals surface area contributed by atoms with Gasteiger partial charge in [-0.3, -0.25) is 0 Å². The van der Waals surface area contributed by atoms with Crippen LogP contribution in [-0.4, -0.2) is 16.8 Å². The summed E-state index contributed by atoms with van der Waals surface area (Å²) >= 11 is 5.76. The van der Waals surface area contributed by atoms with Gasteiger partial charge in [0, 0.05) is 17.5 Å². The first-order valence-corrected chi connectivity index (χ1v) is 4.57. The molecule has 0 aliphatic carbocycles. The van der Waals surface area contributed by atoms with Gasteiger partial charge in [-0.2, -0.15) is 0 Å². The van der Waals surface area contributed by atoms with E-state index in [2.05, 4.69) is 0 Å². The van der Waals surface area contributed by atoms with Gasteiger partial charge < -0.3 is 10.2 Å². The van der Waals surface area contributed by atoms with E-state index >= 15 is 0 Å². The SMILES string of the molecule is C[C@H](CO)[C@H](O)c1cccc(Cl)c1. The molecule has 1 aromatic carbocycles. The smallest absolute Gasteiger partial charge is 0.0837 e. The van der Waals surface area contributed by atoms with Crippen LogP contribution in [0.2, 0.25) is 5.02 Å². The minimum Gasteiger partial charge on any atom is -0.396 e. The second-order valence-corrected chi connectivity index (χ2v) is 3.60. The number of halogens is 1. The highest BCUT2D eigenvalue weighted by Gasteiger charge is 2.15. The van der Waals surface area contributed by atoms with Gasteiger partial charge in [-0.25, -0.2) is 0 Å². The number of hydrogen-bond donors (Lipinski definition) is 2. The molecule has 3 heteroatoms. The first kappa shape index (κ1) is 10.5. The molecule has 2 atom stereocenters. The van der Waals surface area contributed by atoms with Gasteiger partial charge in [-0.05, 0) is 17.7 Å². The van der Waals surface area contributed by atoms with Crippen LogP contribution in [0.25, 0.3) is 0 Å². The van der Waals surface area contributed by atoms with Crippen LogP contribution in [0.4, 0.5) is 0 Å². The van der Waals surface area contributed by atoms with Crippen molar-refractivity contribution >= 4 is 11.6 Å². The zero-order valence-corrected chi connectivity index (χ0v) is 8.20. The Kier molecular flexibility index (Phi) is 3.72. The lowest BCUT2D eigenvalue weighted by atomic mass is 9.98. The lowest BCUT2D eigenvalue weighted by Gasteiger charge is -2.16. The van der Waals surface area contributed by atoms with E-state index in [4.69, 9.17) is 16.7 Å². The molecule has 0 aromatic heterocycles. The van der Waals surface area contributed by atoms with Crippen LogP contribution in [0.3, 0.4) is 0 Å². The van der Waals surface area contributed by atoms with Gasteiger partial charge in [0.15, 0.2) is 0 Å². The van der Waals surface area contributed by atoms with Crippen molar-refractivity contribution in [3.8, 4) is 0 Å². The molecule has 13 heavy (non-hydrogen) atoms. The van der Waals surface area contributed by atoms with E-state index in [9.17, 15) is 5.11 Å². The summed E-state index contributed by atoms with van der Waals surface area (Å²) in [5, 5.41) is 19.1. The number of aliphatic hydroxyl groups excluding tert-OH is 2. The molecular weight excluding hydrogens is 188 g/mol. The van der Waals surface area contributed by atoms with Crippen molar-refractivity contribution in [3.05, 3.63) is 34.9 Å². The van der Waals surface area contributed by atoms with Crippen LogP contribution in [0.1, 0.15) is 18.6 Å². The summed E-state index contributed by atoms with van der Waals surface area (Å²) in [5.74, 6) is -0.168. The molecular formula is C10H13ClO2. The van der Waals surface area contributed by atoms with Crippen LogP contribution in [0.15, 0.2) is 24.3 Å². The zero-order chi connectivity index (χ0) is 9.84. The van der Waals surface area contributed by atoms with E-state index in [1.165, 1.54) is 0 Å². The number of benzene rings is 1. The van der Waals surface area contributed by atoms with E-state index < -0.39 is 6.10 Å². The number of rotatable bonds is 3. The molecule has 2 nitrogen and oxygen atoms in total. The molecule has 0 amide bonds. The van der Waals surface area contributed by atoms with Crippen molar-refractivity contribution in [1.29, 1.82) is 0 Å². The van der Waals surface area contributed by atoms with Gasteiger partial charge in [-0.15, -0.1) is 0 Å². The Morgan fingerprint density at radius 1 is 1.46 bits per heavy atom. The maximum absolute atomic E-state index is 9.69. The summed E-state index contributed by atoms with van der Waals surface area (Å²) in [4.78, 5) is 0. The maximum Gasteiger partial charge on any atom is 0.0837 e. The van der Waals surface area contributed by atoms with Crippen molar-refractivity contribution in [2.24, 2.45) is 5.92 Å². The molecule has 0 saturated heterocycles. The van der Waals surface area contributed by atoms with Gasteiger partial charge in [-0.1, -0.05) is 30.7 Å². The Balaban J connectivity index is 2.82. The maximum atomic E-state index is 9.69. The second-order valence-electron chi connectivity index (χ2n) is 3.16. The minimum atomic E-state index is -0.649. The number of hydrogen-bond acceptors (Lipinski definition) is 2. The Morgan fingerprint density at radius 3 is 2.69 bits per heavy atom. The minimum absolute atomic E-state index is 0.0340. The summed E-state index contributed by atoms with van der Waals surface area (Å²) in [6.07, 6.45) is -0.649. The quantitative estimate of drug-likeness (QED) is 0.784. The molecule has 0 saturated carbocycles. The fourth-order valence-corrected chi connectivity index (χ4v) is 1.32. The van der Waals surface area contributed by atoms with Gasteiger partial charge in [0.05, 0.1) is 6.10 Å². The monoisotopic (exact) mass is 200 g/mol. The van der Waals surface area contributed by atoms with Crippen LogP contribution in [0, 0.1) is 5.92 Å². The highest BCUT2D eigenvalue weighted by atomic mass is 35.5. The molecule has 0 aliphatic heterocycles. The van der Waals surface area contributed by atoms with Crippen molar-refractivity contribution < 1.29 is 10.2 Å². The lowest BCUT2D eigenvalue weighted by Crippen LogP contribution is -2.12. The molecule has 72 valence electrons. The highest BCUT2D eigenvalue weighted by Crippen LogP contribution is 2.23. The first-order valence-electron chi connectivity index (χ1n) is 4.19. The van der Waals surface area contributed by atoms with Crippen molar-refractivity contribution in [3.63, 3.8) is 0 Å². The molecule has 1 rings (SSSR count). The Labute approximate surface area is 82.8 Å². The first-order chi connectivity index (χ1) is 6.15. The van der Waals surface area contributed by atoms with Gasteiger partial charge >= 0.3 is 0 Å². The van der Waals surface area contributed by atoms with Crippen molar-refractivity contribution in [2.45, 2.75) is 13.0 Å². The molecule has 0 bridgehead atoms. The van der Waals surface area contributed by atoms with E-state index in [0.717, 1.165) is 5.56 Å². The highest BCUT2D eigenvalue weighted by molar-refractivity contribution is 6.30. The third-order valence-corrected chi connectivity index (χ3v) is 2.25. The zero-order valence-electron chi connectivity index (χ0n) is 7.44. The fraction of sp³-hybridized carbons (Fsp3) is 0.400. The van der Waals surface area contributed by atoms with Crippen molar-refractivity contribution in [1.82, 2.24) is 0 Å². The average molecular weight is 201 g/mol. The largest absolute Gasteiger partial charge is 0.396 e. The molecule has 0 fully saturated rings. The Morgan fingerprint density at radius 2 is 2.15 bits per heavy atom.